The Kier molecular flexibility index (Phi) is 9.54. The molecule has 0 aromatic heterocycles. The monoisotopic (exact) mass is 361 g/mol. The Hall–Kier alpha value is -1.55. The highest BCUT2D eigenvalue weighted by molar-refractivity contribution is 5.68. The Morgan fingerprint density at radius 3 is 2.73 bits per heavy atom. The normalized spacial score (nSPS) is 18.1. The van der Waals surface area contributed by atoms with Crippen LogP contribution in [0.3, 0.4) is 0 Å². The van der Waals surface area contributed by atoms with E-state index < -0.39 is 0 Å². The lowest BCUT2D eigenvalue weighted by Crippen LogP contribution is -2.36. The van der Waals surface area contributed by atoms with Crippen molar-refractivity contribution in [3.8, 4) is 0 Å². The van der Waals surface area contributed by atoms with Gasteiger partial charge in [-0.05, 0) is 37.7 Å². The highest BCUT2D eigenvalue weighted by Gasteiger charge is 2.30. The summed E-state index contributed by atoms with van der Waals surface area (Å²) in [5.74, 6) is 0. The lowest BCUT2D eigenvalue weighted by molar-refractivity contribution is 0.0846. The van der Waals surface area contributed by atoms with Crippen LogP contribution in [0.25, 0.3) is 0 Å². The van der Waals surface area contributed by atoms with E-state index in [0.717, 1.165) is 50.6 Å². The van der Waals surface area contributed by atoms with Crippen molar-refractivity contribution in [2.45, 2.75) is 89.9 Å². The smallest absolute Gasteiger partial charge is 0.410 e. The van der Waals surface area contributed by atoms with Gasteiger partial charge in [-0.25, -0.2) is 4.79 Å². The zero-order valence-corrected chi connectivity index (χ0v) is 16.2. The summed E-state index contributed by atoms with van der Waals surface area (Å²) in [7, 11) is 0. The summed E-state index contributed by atoms with van der Waals surface area (Å²) in [6.45, 7) is 3.31. The fourth-order valence-corrected chi connectivity index (χ4v) is 3.69. The number of ether oxygens (including phenoxy) is 1. The second-order valence-corrected chi connectivity index (χ2v) is 7.46. The number of benzene rings is 1. The molecule has 1 aliphatic rings. The first-order valence-electron chi connectivity index (χ1n) is 10.4. The van der Waals surface area contributed by atoms with Gasteiger partial charge in [0, 0.05) is 12.6 Å². The van der Waals surface area contributed by atoms with Crippen molar-refractivity contribution in [3.63, 3.8) is 0 Å². The van der Waals surface area contributed by atoms with Crippen LogP contribution >= 0.6 is 0 Å². The molecule has 2 unspecified atom stereocenters. The van der Waals surface area contributed by atoms with Crippen molar-refractivity contribution in [2.24, 2.45) is 0 Å². The molecule has 146 valence electrons. The van der Waals surface area contributed by atoms with Crippen molar-refractivity contribution in [1.29, 1.82) is 0 Å². The Morgan fingerprint density at radius 1 is 1.19 bits per heavy atom. The highest BCUT2D eigenvalue weighted by Crippen LogP contribution is 2.24. The van der Waals surface area contributed by atoms with Crippen LogP contribution in [0.2, 0.25) is 0 Å². The van der Waals surface area contributed by atoms with E-state index in [1.54, 1.807) is 0 Å². The van der Waals surface area contributed by atoms with Crippen LogP contribution in [0.1, 0.15) is 76.7 Å². The molecule has 0 radical (unpaired) electrons. The molecule has 26 heavy (non-hydrogen) atoms. The fraction of sp³-hybridized carbons (Fsp3) is 0.682. The number of carbonyl (C=O) groups excluding carboxylic acids is 1. The number of hydrogen-bond donors (Lipinski definition) is 1. The molecule has 0 bridgehead atoms. The number of unbranched alkanes of at least 4 members (excludes halogenated alkanes) is 4. The van der Waals surface area contributed by atoms with Crippen LogP contribution in [0.15, 0.2) is 30.3 Å². The van der Waals surface area contributed by atoms with E-state index in [1.807, 2.05) is 35.2 Å². The number of carbonyl (C=O) groups is 1. The third kappa shape index (κ3) is 7.36. The van der Waals surface area contributed by atoms with Crippen LogP contribution < -0.4 is 0 Å². The van der Waals surface area contributed by atoms with Gasteiger partial charge in [0.15, 0.2) is 0 Å². The average Bonchev–Trinajstić information content (AvgIpc) is 3.14. The van der Waals surface area contributed by atoms with E-state index in [2.05, 4.69) is 6.92 Å². The van der Waals surface area contributed by atoms with Gasteiger partial charge in [-0.15, -0.1) is 0 Å². The van der Waals surface area contributed by atoms with E-state index in [9.17, 15) is 9.90 Å². The first kappa shape index (κ1) is 20.8. The Labute approximate surface area is 158 Å². The van der Waals surface area contributed by atoms with Gasteiger partial charge >= 0.3 is 6.09 Å². The molecule has 1 amide bonds. The molecule has 4 heteroatoms. The quantitative estimate of drug-likeness (QED) is 0.545. The molecule has 0 saturated carbocycles. The van der Waals surface area contributed by atoms with Crippen LogP contribution in [0, 0.1) is 0 Å². The van der Waals surface area contributed by atoms with Crippen molar-refractivity contribution in [2.75, 3.05) is 6.54 Å². The molecule has 1 heterocycles. The van der Waals surface area contributed by atoms with Crippen molar-refractivity contribution < 1.29 is 14.6 Å². The Morgan fingerprint density at radius 2 is 1.96 bits per heavy atom. The highest BCUT2D eigenvalue weighted by atomic mass is 16.6. The largest absolute Gasteiger partial charge is 0.445 e. The van der Waals surface area contributed by atoms with Crippen LogP contribution in [0.4, 0.5) is 4.79 Å². The zero-order chi connectivity index (χ0) is 18.6. The maximum absolute atomic E-state index is 12.4. The predicted molar refractivity (Wildman–Crippen MR) is 105 cm³/mol. The van der Waals surface area contributed by atoms with Gasteiger partial charge < -0.3 is 14.7 Å². The first-order valence-corrected chi connectivity index (χ1v) is 10.4. The van der Waals surface area contributed by atoms with Crippen molar-refractivity contribution >= 4 is 6.09 Å². The molecule has 1 aliphatic heterocycles. The second-order valence-electron chi connectivity index (χ2n) is 7.46. The molecule has 1 N–H and O–H groups in total. The minimum atomic E-state index is -0.237. The van der Waals surface area contributed by atoms with E-state index in [-0.39, 0.29) is 18.2 Å². The molecule has 1 fully saturated rings. The fourth-order valence-electron chi connectivity index (χ4n) is 3.69. The molecule has 2 rings (SSSR count). The molecular weight excluding hydrogens is 326 g/mol. The van der Waals surface area contributed by atoms with E-state index in [0.29, 0.717) is 6.61 Å². The van der Waals surface area contributed by atoms with Gasteiger partial charge in [-0.3, -0.25) is 0 Å². The van der Waals surface area contributed by atoms with Crippen molar-refractivity contribution in [1.82, 2.24) is 4.90 Å². The lowest BCUT2D eigenvalue weighted by atomic mass is 10.0. The van der Waals surface area contributed by atoms with Gasteiger partial charge in [0.1, 0.15) is 6.61 Å². The van der Waals surface area contributed by atoms with Crippen LogP contribution in [-0.2, 0) is 11.3 Å². The maximum Gasteiger partial charge on any atom is 0.410 e. The van der Waals surface area contributed by atoms with E-state index >= 15 is 0 Å². The average molecular weight is 362 g/mol. The molecular formula is C22H35NO3. The summed E-state index contributed by atoms with van der Waals surface area (Å²) >= 11 is 0. The molecule has 4 nitrogen and oxygen atoms in total. The Bertz CT molecular complexity index is 505. The summed E-state index contributed by atoms with van der Waals surface area (Å²) in [4.78, 5) is 14.2. The molecule has 1 saturated heterocycles. The summed E-state index contributed by atoms with van der Waals surface area (Å²) < 4.78 is 5.48. The zero-order valence-electron chi connectivity index (χ0n) is 16.2. The van der Waals surface area contributed by atoms with Gasteiger partial charge in [0.2, 0.25) is 0 Å². The molecule has 0 aliphatic carbocycles. The number of rotatable bonds is 11. The number of nitrogens with zero attached hydrogens (tertiary/aromatic N) is 1. The first-order chi connectivity index (χ1) is 12.7. The number of aliphatic hydroxyl groups is 1. The standard InChI is InChI=1S/C22H35NO3/c1-2-3-4-5-9-14-21(24)16-15-20-13-10-17-23(20)22(25)26-18-19-11-7-6-8-12-19/h6-8,11-12,20-21,24H,2-5,9-10,13-18H2,1H3. The van der Waals surface area contributed by atoms with Crippen molar-refractivity contribution in [3.05, 3.63) is 35.9 Å². The van der Waals surface area contributed by atoms with Gasteiger partial charge in [0.05, 0.1) is 6.10 Å². The predicted octanol–water partition coefficient (Wildman–Crippen LogP) is 5.29. The van der Waals surface area contributed by atoms with Crippen LogP contribution in [-0.4, -0.2) is 34.8 Å². The topological polar surface area (TPSA) is 49.8 Å². The molecule has 2 atom stereocenters. The summed E-state index contributed by atoms with van der Waals surface area (Å²) in [5.41, 5.74) is 1.01. The number of likely N-dealkylation sites (tertiary alicyclic amines) is 1. The molecule has 0 spiro atoms. The second kappa shape index (κ2) is 11.9. The summed E-state index contributed by atoms with van der Waals surface area (Å²) in [6, 6.07) is 10.00. The van der Waals surface area contributed by atoms with E-state index in [4.69, 9.17) is 4.74 Å². The minimum Gasteiger partial charge on any atom is -0.445 e. The summed E-state index contributed by atoms with van der Waals surface area (Å²) in [5, 5.41) is 10.2. The summed E-state index contributed by atoms with van der Waals surface area (Å²) in [6.07, 6.45) is 10.3. The SMILES string of the molecule is CCCCCCCC(O)CCC1CCCN1C(=O)OCc1ccccc1. The van der Waals surface area contributed by atoms with Gasteiger partial charge in [-0.2, -0.15) is 0 Å². The van der Waals surface area contributed by atoms with E-state index in [1.165, 1.54) is 25.7 Å². The molecule has 1 aromatic carbocycles. The van der Waals surface area contributed by atoms with Crippen LogP contribution in [0.5, 0.6) is 0 Å². The number of hydrogen-bond acceptors (Lipinski definition) is 3. The number of aliphatic hydroxyl groups excluding tert-OH is 1. The van der Waals surface area contributed by atoms with Gasteiger partial charge in [0.25, 0.3) is 0 Å². The molecule has 1 aromatic rings. The Balaban J connectivity index is 1.65. The van der Waals surface area contributed by atoms with Gasteiger partial charge in [-0.1, -0.05) is 69.4 Å². The number of amides is 1. The third-order valence-electron chi connectivity index (χ3n) is 5.29. The minimum absolute atomic E-state index is 0.216. The third-order valence-corrected chi connectivity index (χ3v) is 5.29. The lowest BCUT2D eigenvalue weighted by Gasteiger charge is -2.25. The maximum atomic E-state index is 12.4.